The number of ether oxygens (including phenoxy) is 1. The second kappa shape index (κ2) is 6.93. The third-order valence-corrected chi connectivity index (χ3v) is 4.45. The predicted octanol–water partition coefficient (Wildman–Crippen LogP) is 3.71. The number of benzene rings is 1. The summed E-state index contributed by atoms with van der Waals surface area (Å²) in [7, 11) is 1.67. The Morgan fingerprint density at radius 1 is 1.35 bits per heavy atom. The SMILES string of the molecule is COc1ccc(C(N)=S)c(NC(C)C2CCCCC2)c1. The number of rotatable bonds is 5. The normalized spacial score (nSPS) is 17.5. The summed E-state index contributed by atoms with van der Waals surface area (Å²) < 4.78 is 5.29. The molecule has 110 valence electrons. The van der Waals surface area contributed by atoms with Crippen molar-refractivity contribution in [2.45, 2.75) is 45.1 Å². The van der Waals surface area contributed by atoms with Gasteiger partial charge in [0.1, 0.15) is 10.7 Å². The van der Waals surface area contributed by atoms with Gasteiger partial charge in [-0.3, -0.25) is 0 Å². The molecule has 1 fully saturated rings. The Hall–Kier alpha value is -1.29. The van der Waals surface area contributed by atoms with E-state index >= 15 is 0 Å². The molecular weight excluding hydrogens is 268 g/mol. The number of hydrogen-bond acceptors (Lipinski definition) is 3. The molecule has 1 aromatic rings. The van der Waals surface area contributed by atoms with E-state index in [1.165, 1.54) is 32.1 Å². The first-order chi connectivity index (χ1) is 9.61. The van der Waals surface area contributed by atoms with Crippen molar-refractivity contribution in [1.82, 2.24) is 0 Å². The van der Waals surface area contributed by atoms with Gasteiger partial charge >= 0.3 is 0 Å². The zero-order valence-corrected chi connectivity index (χ0v) is 13.1. The van der Waals surface area contributed by atoms with Gasteiger partial charge in [0.2, 0.25) is 0 Å². The number of nitrogens with one attached hydrogen (secondary N) is 1. The van der Waals surface area contributed by atoms with Crippen LogP contribution in [0.15, 0.2) is 18.2 Å². The first-order valence-electron chi connectivity index (χ1n) is 7.36. The lowest BCUT2D eigenvalue weighted by Crippen LogP contribution is -2.28. The van der Waals surface area contributed by atoms with Crippen LogP contribution in [0.1, 0.15) is 44.6 Å². The lowest BCUT2D eigenvalue weighted by atomic mass is 9.84. The summed E-state index contributed by atoms with van der Waals surface area (Å²) in [5, 5.41) is 3.59. The fraction of sp³-hybridized carbons (Fsp3) is 0.562. The smallest absolute Gasteiger partial charge is 0.120 e. The monoisotopic (exact) mass is 292 g/mol. The van der Waals surface area contributed by atoms with Crippen molar-refractivity contribution in [3.8, 4) is 5.75 Å². The first-order valence-corrected chi connectivity index (χ1v) is 7.77. The van der Waals surface area contributed by atoms with E-state index in [1.54, 1.807) is 7.11 Å². The van der Waals surface area contributed by atoms with Crippen molar-refractivity contribution in [3.05, 3.63) is 23.8 Å². The van der Waals surface area contributed by atoms with Gasteiger partial charge in [0.25, 0.3) is 0 Å². The van der Waals surface area contributed by atoms with Crippen molar-refractivity contribution in [2.24, 2.45) is 11.7 Å². The molecule has 2 rings (SSSR count). The van der Waals surface area contributed by atoms with Gasteiger partial charge in [-0.25, -0.2) is 0 Å². The number of nitrogens with two attached hydrogens (primary N) is 1. The molecule has 1 aromatic carbocycles. The molecule has 1 unspecified atom stereocenters. The summed E-state index contributed by atoms with van der Waals surface area (Å²) >= 11 is 5.14. The van der Waals surface area contributed by atoms with Crippen LogP contribution in [0.3, 0.4) is 0 Å². The van der Waals surface area contributed by atoms with E-state index in [1.807, 2.05) is 18.2 Å². The Balaban J connectivity index is 2.15. The average molecular weight is 292 g/mol. The van der Waals surface area contributed by atoms with E-state index in [-0.39, 0.29) is 0 Å². The second-order valence-corrected chi connectivity index (χ2v) is 6.05. The summed E-state index contributed by atoms with van der Waals surface area (Å²) in [5.41, 5.74) is 7.68. The summed E-state index contributed by atoms with van der Waals surface area (Å²) in [5.74, 6) is 1.55. The molecule has 0 bridgehead atoms. The molecule has 0 saturated heterocycles. The van der Waals surface area contributed by atoms with Gasteiger partial charge in [0.05, 0.1) is 7.11 Å². The Morgan fingerprint density at radius 3 is 2.65 bits per heavy atom. The van der Waals surface area contributed by atoms with Crippen molar-refractivity contribution in [1.29, 1.82) is 0 Å². The Bertz CT molecular complexity index is 470. The maximum atomic E-state index is 5.81. The van der Waals surface area contributed by atoms with E-state index in [0.29, 0.717) is 11.0 Å². The number of hydrogen-bond donors (Lipinski definition) is 2. The van der Waals surface area contributed by atoms with Crippen molar-refractivity contribution in [2.75, 3.05) is 12.4 Å². The average Bonchev–Trinajstić information content (AvgIpc) is 2.47. The quantitative estimate of drug-likeness (QED) is 0.812. The van der Waals surface area contributed by atoms with Gasteiger partial charge in [-0.05, 0) is 37.8 Å². The van der Waals surface area contributed by atoms with Crippen LogP contribution in [0.4, 0.5) is 5.69 Å². The van der Waals surface area contributed by atoms with Crippen molar-refractivity contribution >= 4 is 22.9 Å². The maximum Gasteiger partial charge on any atom is 0.120 e. The van der Waals surface area contributed by atoms with Crippen LogP contribution in [-0.2, 0) is 0 Å². The molecule has 0 spiro atoms. The lowest BCUT2D eigenvalue weighted by molar-refractivity contribution is 0.328. The number of methoxy groups -OCH3 is 1. The molecule has 0 radical (unpaired) electrons. The van der Waals surface area contributed by atoms with E-state index in [9.17, 15) is 0 Å². The van der Waals surface area contributed by atoms with Crippen LogP contribution < -0.4 is 15.8 Å². The Morgan fingerprint density at radius 2 is 2.05 bits per heavy atom. The van der Waals surface area contributed by atoms with Crippen LogP contribution in [0.2, 0.25) is 0 Å². The molecule has 1 atom stereocenters. The molecule has 3 N–H and O–H groups in total. The minimum Gasteiger partial charge on any atom is -0.497 e. The van der Waals surface area contributed by atoms with Crippen molar-refractivity contribution < 1.29 is 4.74 Å². The highest BCUT2D eigenvalue weighted by molar-refractivity contribution is 7.80. The topological polar surface area (TPSA) is 47.3 Å². The largest absolute Gasteiger partial charge is 0.497 e. The number of anilines is 1. The third-order valence-electron chi connectivity index (χ3n) is 4.23. The molecule has 3 nitrogen and oxygen atoms in total. The van der Waals surface area contributed by atoms with Crippen LogP contribution in [-0.4, -0.2) is 18.1 Å². The molecule has 20 heavy (non-hydrogen) atoms. The summed E-state index contributed by atoms with van der Waals surface area (Å²) in [6.07, 6.45) is 6.68. The van der Waals surface area contributed by atoms with Crippen LogP contribution >= 0.6 is 12.2 Å². The molecule has 1 aliphatic carbocycles. The highest BCUT2D eigenvalue weighted by Gasteiger charge is 2.21. The highest BCUT2D eigenvalue weighted by Crippen LogP contribution is 2.30. The van der Waals surface area contributed by atoms with E-state index in [0.717, 1.165) is 22.9 Å². The summed E-state index contributed by atoms with van der Waals surface area (Å²) in [4.78, 5) is 0.422. The van der Waals surface area contributed by atoms with Gasteiger partial charge in [0.15, 0.2) is 0 Å². The molecule has 0 aliphatic heterocycles. The van der Waals surface area contributed by atoms with Gasteiger partial charge in [-0.1, -0.05) is 31.5 Å². The van der Waals surface area contributed by atoms with Gasteiger partial charge in [-0.15, -0.1) is 0 Å². The lowest BCUT2D eigenvalue weighted by Gasteiger charge is -2.29. The summed E-state index contributed by atoms with van der Waals surface area (Å²) in [6, 6.07) is 6.23. The van der Waals surface area contributed by atoms with Crippen LogP contribution in [0, 0.1) is 5.92 Å². The molecule has 1 aliphatic rings. The zero-order valence-electron chi connectivity index (χ0n) is 12.3. The summed E-state index contributed by atoms with van der Waals surface area (Å²) in [6.45, 7) is 2.25. The zero-order chi connectivity index (χ0) is 14.5. The second-order valence-electron chi connectivity index (χ2n) is 5.61. The molecular formula is C16H24N2OS. The molecule has 1 saturated carbocycles. The maximum absolute atomic E-state index is 5.81. The van der Waals surface area contributed by atoms with Crippen LogP contribution in [0.25, 0.3) is 0 Å². The van der Waals surface area contributed by atoms with Gasteiger partial charge in [-0.2, -0.15) is 0 Å². The fourth-order valence-corrected chi connectivity index (χ4v) is 3.16. The first kappa shape index (κ1) is 15.1. The van der Waals surface area contributed by atoms with Crippen molar-refractivity contribution in [3.63, 3.8) is 0 Å². The van der Waals surface area contributed by atoms with Gasteiger partial charge < -0.3 is 15.8 Å². The van der Waals surface area contributed by atoms with Crippen LogP contribution in [0.5, 0.6) is 5.75 Å². The van der Waals surface area contributed by atoms with E-state index < -0.39 is 0 Å². The minimum absolute atomic E-state index is 0.422. The standard InChI is InChI=1S/C16H24N2OS/c1-11(12-6-4-3-5-7-12)18-15-10-13(19-2)8-9-14(15)16(17)20/h8-12,18H,3-7H2,1-2H3,(H2,17,20). The molecule has 0 aromatic heterocycles. The third kappa shape index (κ3) is 3.63. The molecule has 4 heteroatoms. The fourth-order valence-electron chi connectivity index (χ4n) is 2.98. The van der Waals surface area contributed by atoms with E-state index in [2.05, 4.69) is 12.2 Å². The molecule has 0 amide bonds. The highest BCUT2D eigenvalue weighted by atomic mass is 32.1. The molecule has 0 heterocycles. The van der Waals surface area contributed by atoms with E-state index in [4.69, 9.17) is 22.7 Å². The Labute approximate surface area is 126 Å². The predicted molar refractivity (Wildman–Crippen MR) is 88.5 cm³/mol. The minimum atomic E-state index is 0.422. The number of thiocarbonyl (C=S) groups is 1. The van der Waals surface area contributed by atoms with Gasteiger partial charge in [0, 0.05) is 23.4 Å². The Kier molecular flexibility index (Phi) is 5.24.